The first-order valence-corrected chi connectivity index (χ1v) is 12.6. The smallest absolute Gasteiger partial charge is 0.251 e. The lowest BCUT2D eigenvalue weighted by Gasteiger charge is -2.11. The molecule has 0 aromatic heterocycles. The van der Waals surface area contributed by atoms with E-state index in [2.05, 4.69) is 15.4 Å². The van der Waals surface area contributed by atoms with E-state index >= 15 is 0 Å². The molecule has 11 heteroatoms. The van der Waals surface area contributed by atoms with E-state index < -0.39 is 10.0 Å². The van der Waals surface area contributed by atoms with Crippen LogP contribution in [0.2, 0.25) is 15.1 Å². The molecule has 0 spiro atoms. The third-order valence-corrected chi connectivity index (χ3v) is 7.76. The van der Waals surface area contributed by atoms with Gasteiger partial charge in [-0.1, -0.05) is 47.6 Å². The Hall–Kier alpha value is -1.84. The maximum atomic E-state index is 12.4. The molecule has 172 valence electrons. The predicted octanol–water partition coefficient (Wildman–Crippen LogP) is 4.48. The summed E-state index contributed by atoms with van der Waals surface area (Å²) >= 11 is 17.6. The molecule has 7 nitrogen and oxygen atoms in total. The number of benzene rings is 2. The van der Waals surface area contributed by atoms with Crippen molar-refractivity contribution in [3.8, 4) is 0 Å². The topological polar surface area (TPSA) is 104 Å². The molecule has 0 atom stereocenters. The van der Waals surface area contributed by atoms with Crippen LogP contribution in [-0.2, 0) is 14.8 Å². The zero-order valence-electron chi connectivity index (χ0n) is 17.0. The number of sulfonamides is 1. The zero-order chi connectivity index (χ0) is 23.3. The fourth-order valence-corrected chi connectivity index (χ4v) is 5.42. The second-order valence-corrected chi connectivity index (χ2v) is 10.4. The summed E-state index contributed by atoms with van der Waals surface area (Å²) in [5.74, 6) is -0.306. The molecule has 2 aromatic rings. The number of hydrogen-bond acceptors (Lipinski definition) is 4. The minimum Gasteiger partial charge on any atom is -0.351 e. The molecule has 0 unspecified atom stereocenters. The molecule has 32 heavy (non-hydrogen) atoms. The lowest BCUT2D eigenvalue weighted by atomic mass is 10.1. The van der Waals surface area contributed by atoms with Crippen LogP contribution >= 0.6 is 34.8 Å². The van der Waals surface area contributed by atoms with Crippen molar-refractivity contribution in [2.24, 2.45) is 5.92 Å². The highest BCUT2D eigenvalue weighted by molar-refractivity contribution is 7.89. The molecule has 2 amide bonds. The van der Waals surface area contributed by atoms with Crippen molar-refractivity contribution in [2.75, 3.05) is 18.4 Å². The predicted molar refractivity (Wildman–Crippen MR) is 126 cm³/mol. The number of carbonyl (C=O) groups excluding carboxylic acids is 2. The molecule has 0 bridgehead atoms. The average molecular weight is 519 g/mol. The lowest BCUT2D eigenvalue weighted by molar-refractivity contribution is -0.119. The van der Waals surface area contributed by atoms with E-state index in [9.17, 15) is 18.0 Å². The van der Waals surface area contributed by atoms with Crippen molar-refractivity contribution in [3.63, 3.8) is 0 Å². The van der Waals surface area contributed by atoms with Crippen LogP contribution in [0, 0.1) is 5.92 Å². The van der Waals surface area contributed by atoms with E-state index in [1.807, 2.05) is 0 Å². The maximum absolute atomic E-state index is 12.4. The van der Waals surface area contributed by atoms with Crippen LogP contribution in [0.5, 0.6) is 0 Å². The molecule has 1 fully saturated rings. The van der Waals surface area contributed by atoms with Crippen molar-refractivity contribution in [2.45, 2.75) is 30.6 Å². The molecule has 1 aliphatic carbocycles. The summed E-state index contributed by atoms with van der Waals surface area (Å²) in [4.78, 5) is 24.3. The van der Waals surface area contributed by atoms with Crippen molar-refractivity contribution < 1.29 is 18.0 Å². The summed E-state index contributed by atoms with van der Waals surface area (Å²) in [6, 6.07) is 8.94. The highest BCUT2D eigenvalue weighted by Gasteiger charge is 2.23. The van der Waals surface area contributed by atoms with Crippen molar-refractivity contribution in [3.05, 3.63) is 57.0 Å². The van der Waals surface area contributed by atoms with E-state index in [0.717, 1.165) is 25.7 Å². The van der Waals surface area contributed by atoms with Crippen LogP contribution in [-0.4, -0.2) is 33.3 Å². The number of hydrogen-bond donors (Lipinski definition) is 3. The van der Waals surface area contributed by atoms with Crippen LogP contribution in [0.15, 0.2) is 41.3 Å². The van der Waals surface area contributed by atoms with E-state index in [1.54, 1.807) is 24.3 Å². The van der Waals surface area contributed by atoms with Gasteiger partial charge in [-0.05, 0) is 49.2 Å². The Labute approximate surface area is 201 Å². The summed E-state index contributed by atoms with van der Waals surface area (Å²) in [7, 11) is -3.93. The average Bonchev–Trinajstić information content (AvgIpc) is 3.29. The van der Waals surface area contributed by atoms with Crippen LogP contribution in [0.4, 0.5) is 5.69 Å². The number of halogens is 3. The summed E-state index contributed by atoms with van der Waals surface area (Å²) in [5, 5.41) is 5.65. The van der Waals surface area contributed by atoms with Crippen molar-refractivity contribution >= 4 is 62.3 Å². The Kier molecular flexibility index (Phi) is 8.41. The standard InChI is InChI=1S/C21H22Cl3N3O4S/c22-16-11-18(24)19(12-17(16)23)32(30,31)26-10-9-25-20(28)14-5-7-15(8-6-14)27-21(29)13-3-1-2-4-13/h5-8,11-13,26H,1-4,9-10H2,(H,25,28)(H,27,29). The van der Waals surface area contributed by atoms with Gasteiger partial charge in [0.05, 0.1) is 15.1 Å². The number of nitrogens with one attached hydrogen (secondary N) is 3. The van der Waals surface area contributed by atoms with E-state index in [-0.39, 0.29) is 50.8 Å². The Morgan fingerprint density at radius 1 is 0.906 bits per heavy atom. The first kappa shape index (κ1) is 24.8. The first-order valence-electron chi connectivity index (χ1n) is 10.0. The van der Waals surface area contributed by atoms with E-state index in [1.165, 1.54) is 12.1 Å². The fourth-order valence-electron chi connectivity index (χ4n) is 3.39. The van der Waals surface area contributed by atoms with Gasteiger partial charge in [-0.15, -0.1) is 0 Å². The molecule has 0 saturated heterocycles. The van der Waals surface area contributed by atoms with Gasteiger partial charge in [0, 0.05) is 30.3 Å². The van der Waals surface area contributed by atoms with Gasteiger partial charge >= 0.3 is 0 Å². The van der Waals surface area contributed by atoms with E-state index in [0.29, 0.717) is 11.3 Å². The normalized spacial score (nSPS) is 14.3. The molecule has 3 N–H and O–H groups in total. The van der Waals surface area contributed by atoms with Gasteiger partial charge in [0.1, 0.15) is 4.90 Å². The summed E-state index contributed by atoms with van der Waals surface area (Å²) < 4.78 is 27.2. The van der Waals surface area contributed by atoms with Gasteiger partial charge in [-0.25, -0.2) is 13.1 Å². The Bertz CT molecular complexity index is 1100. The molecule has 0 aliphatic heterocycles. The van der Waals surface area contributed by atoms with Gasteiger partial charge in [0.2, 0.25) is 15.9 Å². The number of rotatable bonds is 8. The minimum absolute atomic E-state index is 0.00839. The highest BCUT2D eigenvalue weighted by atomic mass is 35.5. The summed E-state index contributed by atoms with van der Waals surface area (Å²) in [5.41, 5.74) is 1.02. The second kappa shape index (κ2) is 10.9. The van der Waals surface area contributed by atoms with Crippen LogP contribution in [0.25, 0.3) is 0 Å². The Morgan fingerprint density at radius 2 is 1.53 bits per heavy atom. The number of anilines is 1. The minimum atomic E-state index is -3.93. The van der Waals surface area contributed by atoms with Gasteiger partial charge in [0.25, 0.3) is 5.91 Å². The van der Waals surface area contributed by atoms with Gasteiger partial charge in [0.15, 0.2) is 0 Å². The first-order chi connectivity index (χ1) is 15.2. The maximum Gasteiger partial charge on any atom is 0.251 e. The molecule has 2 aromatic carbocycles. The van der Waals surface area contributed by atoms with Gasteiger partial charge in [-0.3, -0.25) is 9.59 Å². The number of amides is 2. The zero-order valence-corrected chi connectivity index (χ0v) is 20.0. The monoisotopic (exact) mass is 517 g/mol. The molecule has 0 radical (unpaired) electrons. The SMILES string of the molecule is O=C(NCCNS(=O)(=O)c1cc(Cl)c(Cl)cc1Cl)c1ccc(NC(=O)C2CCCC2)cc1. The molecule has 1 aliphatic rings. The quantitative estimate of drug-likeness (QED) is 0.354. The van der Waals surface area contributed by atoms with Crippen LogP contribution in [0.3, 0.4) is 0 Å². The van der Waals surface area contributed by atoms with Crippen molar-refractivity contribution in [1.82, 2.24) is 10.0 Å². The van der Waals surface area contributed by atoms with Crippen LogP contribution in [0.1, 0.15) is 36.0 Å². The van der Waals surface area contributed by atoms with Gasteiger partial charge in [-0.2, -0.15) is 0 Å². The fraction of sp³-hybridized carbons (Fsp3) is 0.333. The molecule has 0 heterocycles. The Balaban J connectivity index is 1.48. The highest BCUT2D eigenvalue weighted by Crippen LogP contribution is 2.31. The third kappa shape index (κ3) is 6.36. The molecular formula is C21H22Cl3N3O4S. The Morgan fingerprint density at radius 3 is 2.19 bits per heavy atom. The van der Waals surface area contributed by atoms with Crippen molar-refractivity contribution in [1.29, 1.82) is 0 Å². The molecular weight excluding hydrogens is 497 g/mol. The molecule has 3 rings (SSSR count). The largest absolute Gasteiger partial charge is 0.351 e. The summed E-state index contributed by atoms with van der Waals surface area (Å²) in [6.45, 7) is -0.00263. The lowest BCUT2D eigenvalue weighted by Crippen LogP contribution is -2.34. The van der Waals surface area contributed by atoms with Crippen LogP contribution < -0.4 is 15.4 Å². The number of carbonyl (C=O) groups is 2. The van der Waals surface area contributed by atoms with E-state index in [4.69, 9.17) is 34.8 Å². The van der Waals surface area contributed by atoms with Gasteiger partial charge < -0.3 is 10.6 Å². The summed E-state index contributed by atoms with van der Waals surface area (Å²) in [6.07, 6.45) is 3.97. The molecule has 1 saturated carbocycles. The third-order valence-electron chi connectivity index (χ3n) is 5.11. The second-order valence-electron chi connectivity index (χ2n) is 7.40.